The molecule has 1 heterocycles. The summed E-state index contributed by atoms with van der Waals surface area (Å²) in [6.45, 7) is 10.9. The zero-order chi connectivity index (χ0) is 19.6. The van der Waals surface area contributed by atoms with Crippen LogP contribution in [0.5, 0.6) is 0 Å². The van der Waals surface area contributed by atoms with Gasteiger partial charge in [0.25, 0.3) is 0 Å². The molecule has 1 rings (SSSR count). The van der Waals surface area contributed by atoms with Gasteiger partial charge >= 0.3 is 0 Å². The van der Waals surface area contributed by atoms with Crippen molar-refractivity contribution in [2.45, 2.75) is 58.8 Å². The van der Waals surface area contributed by atoms with Crippen LogP contribution in [0.1, 0.15) is 58.8 Å². The first-order valence-electron chi connectivity index (χ1n) is 10.7. The standard InChI is InChI=1S/C20H40N4O3.HI/c1-3-5-15-26-17-18-27-16-12-23-20(21-4-2)22-11-9-14-24-13-8-6-7-10-19(24)25;/h3-18H2,1-2H3,(H2,21,22,23);1H. The van der Waals surface area contributed by atoms with Crippen LogP contribution in [-0.4, -0.2) is 75.9 Å². The van der Waals surface area contributed by atoms with E-state index >= 15 is 0 Å². The molecule has 0 unspecified atom stereocenters. The van der Waals surface area contributed by atoms with Crippen molar-refractivity contribution in [2.75, 3.05) is 59.2 Å². The number of likely N-dealkylation sites (tertiary alicyclic amines) is 1. The number of amides is 1. The van der Waals surface area contributed by atoms with Crippen LogP contribution in [0.25, 0.3) is 0 Å². The Kier molecular flexibility index (Phi) is 19.3. The average Bonchev–Trinajstić information content (AvgIpc) is 2.88. The Hall–Kier alpha value is -0.610. The molecule has 0 aliphatic carbocycles. The summed E-state index contributed by atoms with van der Waals surface area (Å²) in [5, 5.41) is 6.52. The van der Waals surface area contributed by atoms with Gasteiger partial charge in [-0.1, -0.05) is 19.8 Å². The smallest absolute Gasteiger partial charge is 0.222 e. The van der Waals surface area contributed by atoms with Crippen molar-refractivity contribution < 1.29 is 14.3 Å². The first-order valence-corrected chi connectivity index (χ1v) is 10.7. The number of carbonyl (C=O) groups is 1. The monoisotopic (exact) mass is 512 g/mol. The topological polar surface area (TPSA) is 75.2 Å². The van der Waals surface area contributed by atoms with E-state index in [1.807, 2.05) is 4.90 Å². The molecule has 7 nitrogen and oxygen atoms in total. The molecule has 2 N–H and O–H groups in total. The van der Waals surface area contributed by atoms with E-state index < -0.39 is 0 Å². The van der Waals surface area contributed by atoms with Crippen LogP contribution in [-0.2, 0) is 14.3 Å². The van der Waals surface area contributed by atoms with E-state index in [4.69, 9.17) is 9.47 Å². The fourth-order valence-corrected chi connectivity index (χ4v) is 2.88. The van der Waals surface area contributed by atoms with Crippen LogP contribution in [0, 0.1) is 0 Å². The highest BCUT2D eigenvalue weighted by molar-refractivity contribution is 14.0. The number of aliphatic imine (C=N–C) groups is 1. The Morgan fingerprint density at radius 2 is 1.82 bits per heavy atom. The van der Waals surface area contributed by atoms with E-state index in [1.54, 1.807) is 0 Å². The first kappa shape index (κ1) is 27.4. The van der Waals surface area contributed by atoms with Gasteiger partial charge in [-0.15, -0.1) is 24.0 Å². The lowest BCUT2D eigenvalue weighted by Crippen LogP contribution is -2.39. The van der Waals surface area contributed by atoms with Gasteiger partial charge in [-0.05, 0) is 32.6 Å². The number of nitrogens with one attached hydrogen (secondary N) is 2. The third-order valence-electron chi connectivity index (χ3n) is 4.42. The van der Waals surface area contributed by atoms with E-state index in [1.165, 1.54) is 6.42 Å². The van der Waals surface area contributed by atoms with Crippen LogP contribution in [0.4, 0.5) is 0 Å². The normalized spacial score (nSPS) is 15.1. The van der Waals surface area contributed by atoms with E-state index in [-0.39, 0.29) is 24.0 Å². The number of hydrogen-bond acceptors (Lipinski definition) is 4. The third-order valence-corrected chi connectivity index (χ3v) is 4.42. The Morgan fingerprint density at radius 1 is 1.04 bits per heavy atom. The molecule has 1 saturated heterocycles. The molecule has 1 aliphatic heterocycles. The van der Waals surface area contributed by atoms with E-state index in [0.29, 0.717) is 45.2 Å². The number of nitrogens with zero attached hydrogens (tertiary/aromatic N) is 2. The van der Waals surface area contributed by atoms with Crippen LogP contribution in [0.3, 0.4) is 0 Å². The number of rotatable bonds is 14. The molecule has 28 heavy (non-hydrogen) atoms. The van der Waals surface area contributed by atoms with E-state index in [9.17, 15) is 4.79 Å². The average molecular weight is 512 g/mol. The molecule has 1 aliphatic rings. The Labute approximate surface area is 188 Å². The Morgan fingerprint density at radius 3 is 2.57 bits per heavy atom. The van der Waals surface area contributed by atoms with Crippen molar-refractivity contribution in [1.82, 2.24) is 15.5 Å². The van der Waals surface area contributed by atoms with Gasteiger partial charge in [-0.2, -0.15) is 0 Å². The lowest BCUT2D eigenvalue weighted by molar-refractivity contribution is -0.130. The zero-order valence-electron chi connectivity index (χ0n) is 17.8. The van der Waals surface area contributed by atoms with Crippen molar-refractivity contribution in [3.63, 3.8) is 0 Å². The minimum absolute atomic E-state index is 0. The van der Waals surface area contributed by atoms with Crippen LogP contribution >= 0.6 is 24.0 Å². The summed E-state index contributed by atoms with van der Waals surface area (Å²) in [6, 6.07) is 0. The lowest BCUT2D eigenvalue weighted by Gasteiger charge is -2.20. The van der Waals surface area contributed by atoms with Gasteiger partial charge in [-0.25, -0.2) is 0 Å². The Balaban J connectivity index is 0.00000729. The van der Waals surface area contributed by atoms with E-state index in [0.717, 1.165) is 64.3 Å². The van der Waals surface area contributed by atoms with Crippen LogP contribution in [0.15, 0.2) is 4.99 Å². The van der Waals surface area contributed by atoms with Crippen molar-refractivity contribution in [3.8, 4) is 0 Å². The number of hydrogen-bond donors (Lipinski definition) is 2. The van der Waals surface area contributed by atoms with Gasteiger partial charge in [0.2, 0.25) is 5.91 Å². The van der Waals surface area contributed by atoms with Crippen molar-refractivity contribution in [3.05, 3.63) is 0 Å². The van der Waals surface area contributed by atoms with Gasteiger partial charge in [0, 0.05) is 45.8 Å². The van der Waals surface area contributed by atoms with Gasteiger partial charge in [-0.3, -0.25) is 9.79 Å². The van der Waals surface area contributed by atoms with Crippen LogP contribution in [0.2, 0.25) is 0 Å². The molecule has 0 saturated carbocycles. The molecule has 8 heteroatoms. The molecule has 0 aromatic carbocycles. The highest BCUT2D eigenvalue weighted by atomic mass is 127. The quantitative estimate of drug-likeness (QED) is 0.162. The first-order chi connectivity index (χ1) is 13.3. The SMILES string of the molecule is CCCCOCCOCCNC(=NCCCN1CCCCCC1=O)NCC.I. The second-order valence-electron chi connectivity index (χ2n) is 6.81. The van der Waals surface area contributed by atoms with Gasteiger partial charge in [0.15, 0.2) is 5.96 Å². The molecule has 0 bridgehead atoms. The third kappa shape index (κ3) is 14.4. The molecule has 0 spiro atoms. The van der Waals surface area contributed by atoms with Gasteiger partial charge < -0.3 is 25.0 Å². The maximum atomic E-state index is 12.0. The fourth-order valence-electron chi connectivity index (χ4n) is 2.88. The van der Waals surface area contributed by atoms with Crippen molar-refractivity contribution >= 4 is 35.8 Å². The zero-order valence-corrected chi connectivity index (χ0v) is 20.2. The summed E-state index contributed by atoms with van der Waals surface area (Å²) in [5.41, 5.74) is 0. The van der Waals surface area contributed by atoms with Crippen LogP contribution < -0.4 is 10.6 Å². The van der Waals surface area contributed by atoms with Crippen molar-refractivity contribution in [1.29, 1.82) is 0 Å². The number of halogens is 1. The molecule has 0 atom stereocenters. The predicted octanol–water partition coefficient (Wildman–Crippen LogP) is 2.79. The second kappa shape index (κ2) is 19.7. The number of unbranched alkanes of at least 4 members (excludes halogenated alkanes) is 1. The summed E-state index contributed by atoms with van der Waals surface area (Å²) >= 11 is 0. The maximum Gasteiger partial charge on any atom is 0.222 e. The predicted molar refractivity (Wildman–Crippen MR) is 126 cm³/mol. The summed E-state index contributed by atoms with van der Waals surface area (Å²) < 4.78 is 11.0. The molecular weight excluding hydrogens is 471 g/mol. The van der Waals surface area contributed by atoms with Gasteiger partial charge in [0.1, 0.15) is 0 Å². The summed E-state index contributed by atoms with van der Waals surface area (Å²) in [6.07, 6.45) is 7.20. The molecule has 0 aromatic rings. The molecule has 0 aromatic heterocycles. The number of ether oxygens (including phenoxy) is 2. The molecule has 0 radical (unpaired) electrons. The largest absolute Gasteiger partial charge is 0.379 e. The number of guanidine groups is 1. The summed E-state index contributed by atoms with van der Waals surface area (Å²) in [4.78, 5) is 18.6. The molecule has 1 amide bonds. The fraction of sp³-hybridized carbons (Fsp3) is 0.900. The Bertz CT molecular complexity index is 411. The van der Waals surface area contributed by atoms with Crippen molar-refractivity contribution in [2.24, 2.45) is 4.99 Å². The van der Waals surface area contributed by atoms with Gasteiger partial charge in [0.05, 0.1) is 19.8 Å². The highest BCUT2D eigenvalue weighted by Gasteiger charge is 2.15. The maximum absolute atomic E-state index is 12.0. The minimum Gasteiger partial charge on any atom is -0.379 e. The molecule has 1 fully saturated rings. The lowest BCUT2D eigenvalue weighted by atomic mass is 10.2. The number of carbonyl (C=O) groups excluding carboxylic acids is 1. The summed E-state index contributed by atoms with van der Waals surface area (Å²) in [5.74, 6) is 1.11. The summed E-state index contributed by atoms with van der Waals surface area (Å²) in [7, 11) is 0. The molecular formula is C20H41IN4O3. The van der Waals surface area contributed by atoms with E-state index in [2.05, 4.69) is 29.5 Å². The second-order valence-corrected chi connectivity index (χ2v) is 6.81. The highest BCUT2D eigenvalue weighted by Crippen LogP contribution is 2.11. The molecule has 166 valence electrons. The minimum atomic E-state index is 0.